The third kappa shape index (κ3) is 4.09. The second kappa shape index (κ2) is 7.83. The zero-order chi connectivity index (χ0) is 18.5. The van der Waals surface area contributed by atoms with Crippen LogP contribution in [0.1, 0.15) is 26.4 Å². The van der Waals surface area contributed by atoms with Crippen LogP contribution in [0, 0.1) is 11.6 Å². The average Bonchev–Trinajstić information content (AvgIpc) is 3.09. The molecule has 0 saturated heterocycles. The predicted octanol–water partition coefficient (Wildman–Crippen LogP) is 3.60. The van der Waals surface area contributed by atoms with Gasteiger partial charge in [-0.2, -0.15) is 0 Å². The molecule has 0 saturated carbocycles. The van der Waals surface area contributed by atoms with Crippen molar-refractivity contribution in [3.05, 3.63) is 82.4 Å². The summed E-state index contributed by atoms with van der Waals surface area (Å²) >= 11 is 0.985. The number of hydrogen-bond acceptors (Lipinski definition) is 4. The van der Waals surface area contributed by atoms with E-state index in [2.05, 4.69) is 15.6 Å². The average molecular weight is 373 g/mol. The van der Waals surface area contributed by atoms with Crippen LogP contribution >= 0.6 is 11.3 Å². The molecule has 0 aliphatic rings. The number of rotatable bonds is 5. The number of thiazole rings is 1. The molecule has 2 N–H and O–H groups in total. The van der Waals surface area contributed by atoms with Crippen LogP contribution in [0.3, 0.4) is 0 Å². The fourth-order valence-electron chi connectivity index (χ4n) is 2.18. The fourth-order valence-corrected chi connectivity index (χ4v) is 2.86. The van der Waals surface area contributed by atoms with Gasteiger partial charge in [0.05, 0.1) is 0 Å². The number of carbonyl (C=O) groups is 2. The fraction of sp³-hybridized carbons (Fsp3) is 0.0556. The first kappa shape index (κ1) is 17.7. The number of halogens is 2. The van der Waals surface area contributed by atoms with Crippen LogP contribution in [0.15, 0.2) is 53.9 Å². The summed E-state index contributed by atoms with van der Waals surface area (Å²) in [5.74, 6) is -3.33. The number of aromatic nitrogens is 1. The van der Waals surface area contributed by atoms with Gasteiger partial charge in [-0.15, -0.1) is 11.3 Å². The van der Waals surface area contributed by atoms with Crippen molar-refractivity contribution in [2.45, 2.75) is 6.54 Å². The molecule has 0 unspecified atom stereocenters. The molecule has 0 radical (unpaired) electrons. The van der Waals surface area contributed by atoms with E-state index in [1.54, 1.807) is 0 Å². The van der Waals surface area contributed by atoms with Crippen molar-refractivity contribution in [3.63, 3.8) is 0 Å². The van der Waals surface area contributed by atoms with Crippen LogP contribution < -0.4 is 10.6 Å². The van der Waals surface area contributed by atoms with Gasteiger partial charge in [0.1, 0.15) is 22.9 Å². The Morgan fingerprint density at radius 2 is 1.65 bits per heavy atom. The summed E-state index contributed by atoms with van der Waals surface area (Å²) in [6.07, 6.45) is 0. The van der Waals surface area contributed by atoms with E-state index in [0.29, 0.717) is 6.54 Å². The number of anilines is 1. The Morgan fingerprint density at radius 1 is 0.962 bits per heavy atom. The zero-order valence-electron chi connectivity index (χ0n) is 13.3. The van der Waals surface area contributed by atoms with Crippen molar-refractivity contribution in [1.82, 2.24) is 10.3 Å². The van der Waals surface area contributed by atoms with Gasteiger partial charge in [-0.25, -0.2) is 13.8 Å². The first-order chi connectivity index (χ1) is 12.5. The van der Waals surface area contributed by atoms with E-state index >= 15 is 0 Å². The highest BCUT2D eigenvalue weighted by atomic mass is 32.1. The van der Waals surface area contributed by atoms with Gasteiger partial charge in [-0.05, 0) is 17.7 Å². The monoisotopic (exact) mass is 373 g/mol. The Labute approximate surface area is 151 Å². The lowest BCUT2D eigenvalue weighted by atomic mass is 10.2. The Kier molecular flexibility index (Phi) is 5.33. The molecule has 1 heterocycles. The van der Waals surface area contributed by atoms with Crippen molar-refractivity contribution in [2.75, 3.05) is 5.32 Å². The highest BCUT2D eigenvalue weighted by Gasteiger charge is 2.19. The maximum Gasteiger partial charge on any atom is 0.271 e. The summed E-state index contributed by atoms with van der Waals surface area (Å²) in [5.41, 5.74) is 0.340. The van der Waals surface area contributed by atoms with Crippen LogP contribution in [-0.2, 0) is 6.54 Å². The SMILES string of the molecule is O=C(NCc1ccccc1)c1csc(NC(=O)c2c(F)cccc2F)n1. The Hall–Kier alpha value is -3.13. The lowest BCUT2D eigenvalue weighted by Gasteiger charge is -2.04. The molecule has 0 spiro atoms. The van der Waals surface area contributed by atoms with Crippen LogP contribution in [0.4, 0.5) is 13.9 Å². The van der Waals surface area contributed by atoms with Gasteiger partial charge >= 0.3 is 0 Å². The molecule has 2 aromatic carbocycles. The first-order valence-corrected chi connectivity index (χ1v) is 8.45. The largest absolute Gasteiger partial charge is 0.347 e. The predicted molar refractivity (Wildman–Crippen MR) is 94.0 cm³/mol. The number of nitrogens with zero attached hydrogens (tertiary/aromatic N) is 1. The van der Waals surface area contributed by atoms with Crippen molar-refractivity contribution in [3.8, 4) is 0 Å². The molecule has 0 aliphatic heterocycles. The van der Waals surface area contributed by atoms with E-state index in [0.717, 1.165) is 29.0 Å². The van der Waals surface area contributed by atoms with Crippen LogP contribution in [0.2, 0.25) is 0 Å². The summed E-state index contributed by atoms with van der Waals surface area (Å²) in [6, 6.07) is 12.5. The summed E-state index contributed by atoms with van der Waals surface area (Å²) in [7, 11) is 0. The van der Waals surface area contributed by atoms with Gasteiger partial charge in [-0.3, -0.25) is 14.9 Å². The van der Waals surface area contributed by atoms with Gasteiger partial charge in [0.2, 0.25) is 0 Å². The Bertz CT molecular complexity index is 924. The standard InChI is InChI=1S/C18H13F2N3O2S/c19-12-7-4-8-13(20)15(12)17(25)23-18-22-14(10-26-18)16(24)21-9-11-5-2-1-3-6-11/h1-8,10H,9H2,(H,21,24)(H,22,23,25). The van der Waals surface area contributed by atoms with E-state index in [4.69, 9.17) is 0 Å². The van der Waals surface area contributed by atoms with E-state index in [9.17, 15) is 18.4 Å². The Morgan fingerprint density at radius 3 is 2.35 bits per heavy atom. The molecule has 8 heteroatoms. The van der Waals surface area contributed by atoms with Gasteiger partial charge in [0, 0.05) is 11.9 Å². The molecule has 132 valence electrons. The summed E-state index contributed by atoms with van der Waals surface area (Å²) < 4.78 is 27.2. The minimum absolute atomic E-state index is 0.0718. The molecule has 0 bridgehead atoms. The molecule has 3 aromatic rings. The molecular weight excluding hydrogens is 360 g/mol. The lowest BCUT2D eigenvalue weighted by molar-refractivity contribution is 0.0945. The van der Waals surface area contributed by atoms with Crippen LogP contribution in [0.25, 0.3) is 0 Å². The second-order valence-electron chi connectivity index (χ2n) is 5.26. The topological polar surface area (TPSA) is 71.1 Å². The molecule has 1 aromatic heterocycles. The number of benzene rings is 2. The second-order valence-corrected chi connectivity index (χ2v) is 6.12. The maximum atomic E-state index is 13.6. The highest BCUT2D eigenvalue weighted by molar-refractivity contribution is 7.14. The molecule has 5 nitrogen and oxygen atoms in total. The maximum absolute atomic E-state index is 13.6. The molecular formula is C18H13F2N3O2S. The van der Waals surface area contributed by atoms with Crippen molar-refractivity contribution in [1.29, 1.82) is 0 Å². The van der Waals surface area contributed by atoms with Gasteiger partial charge in [-0.1, -0.05) is 36.4 Å². The van der Waals surface area contributed by atoms with Crippen LogP contribution in [0.5, 0.6) is 0 Å². The van der Waals surface area contributed by atoms with Crippen molar-refractivity contribution in [2.24, 2.45) is 0 Å². The molecule has 3 rings (SSSR count). The van der Waals surface area contributed by atoms with Gasteiger partial charge < -0.3 is 5.32 Å². The third-order valence-corrected chi connectivity index (χ3v) is 4.20. The number of carbonyl (C=O) groups excluding carboxylic acids is 2. The Balaban J connectivity index is 1.64. The van der Waals surface area contributed by atoms with Crippen molar-refractivity contribution < 1.29 is 18.4 Å². The van der Waals surface area contributed by atoms with Crippen molar-refractivity contribution >= 4 is 28.3 Å². The molecule has 0 fully saturated rings. The molecule has 26 heavy (non-hydrogen) atoms. The molecule has 2 amide bonds. The van der Waals surface area contributed by atoms with Gasteiger partial charge in [0.15, 0.2) is 5.13 Å². The van der Waals surface area contributed by atoms with E-state index in [1.165, 1.54) is 11.4 Å². The summed E-state index contributed by atoms with van der Waals surface area (Å²) in [4.78, 5) is 28.1. The molecule has 0 atom stereocenters. The summed E-state index contributed by atoms with van der Waals surface area (Å²) in [6.45, 7) is 0.333. The zero-order valence-corrected chi connectivity index (χ0v) is 14.1. The lowest BCUT2D eigenvalue weighted by Crippen LogP contribution is -2.23. The normalized spacial score (nSPS) is 10.4. The highest BCUT2D eigenvalue weighted by Crippen LogP contribution is 2.19. The van der Waals surface area contributed by atoms with Crippen LogP contribution in [-0.4, -0.2) is 16.8 Å². The van der Waals surface area contributed by atoms with E-state index < -0.39 is 29.0 Å². The van der Waals surface area contributed by atoms with E-state index in [-0.39, 0.29) is 10.8 Å². The first-order valence-electron chi connectivity index (χ1n) is 7.57. The number of amides is 2. The minimum Gasteiger partial charge on any atom is -0.347 e. The quantitative estimate of drug-likeness (QED) is 0.718. The number of hydrogen-bond donors (Lipinski definition) is 2. The summed E-state index contributed by atoms with van der Waals surface area (Å²) in [5, 5.41) is 6.53. The number of nitrogens with one attached hydrogen (secondary N) is 2. The van der Waals surface area contributed by atoms with E-state index in [1.807, 2.05) is 30.3 Å². The smallest absolute Gasteiger partial charge is 0.271 e. The third-order valence-electron chi connectivity index (χ3n) is 3.44. The van der Waals surface area contributed by atoms with Gasteiger partial charge in [0.25, 0.3) is 11.8 Å². The minimum atomic E-state index is -0.972. The molecule has 0 aliphatic carbocycles.